The molecule has 1 aliphatic heterocycles. The van der Waals surface area contributed by atoms with Crippen molar-refractivity contribution in [3.8, 4) is 11.5 Å². The van der Waals surface area contributed by atoms with Gasteiger partial charge in [0.2, 0.25) is 0 Å². The average Bonchev–Trinajstić information content (AvgIpc) is 2.89. The Morgan fingerprint density at radius 1 is 1.05 bits per heavy atom. The second kappa shape index (κ2) is 6.10. The van der Waals surface area contributed by atoms with Crippen molar-refractivity contribution in [1.29, 1.82) is 5.41 Å². The Kier molecular flexibility index (Phi) is 4.00. The van der Waals surface area contributed by atoms with E-state index in [-0.39, 0.29) is 0 Å². The van der Waals surface area contributed by atoms with Crippen LogP contribution in [-0.2, 0) is 13.0 Å². The first-order valence-electron chi connectivity index (χ1n) is 7.35. The predicted molar refractivity (Wildman–Crippen MR) is 86.9 cm³/mol. The van der Waals surface area contributed by atoms with Crippen LogP contribution in [0.25, 0.3) is 0 Å². The molecule has 4 nitrogen and oxygen atoms in total. The molecule has 0 fully saturated rings. The van der Waals surface area contributed by atoms with E-state index in [1.807, 2.05) is 36.4 Å². The minimum atomic E-state index is 0.621. The molecule has 1 aliphatic rings. The zero-order valence-electron chi connectivity index (χ0n) is 12.9. The van der Waals surface area contributed by atoms with E-state index < -0.39 is 0 Å². The van der Waals surface area contributed by atoms with Gasteiger partial charge in [-0.2, -0.15) is 0 Å². The molecular formula is C18H20N2O2. The first-order chi connectivity index (χ1) is 10.7. The fraction of sp³-hybridized carbons (Fsp3) is 0.278. The van der Waals surface area contributed by atoms with Crippen molar-refractivity contribution in [1.82, 2.24) is 4.90 Å². The van der Waals surface area contributed by atoms with Gasteiger partial charge in [0, 0.05) is 18.7 Å². The zero-order chi connectivity index (χ0) is 15.5. The molecule has 0 saturated carbocycles. The second-order valence-electron chi connectivity index (χ2n) is 5.37. The molecule has 0 bridgehead atoms. The van der Waals surface area contributed by atoms with Crippen molar-refractivity contribution in [2.24, 2.45) is 0 Å². The SMILES string of the molecule is COc1ccc(CCN2Cc3ccccc3C2=N)cc1OC. The fourth-order valence-electron chi connectivity index (χ4n) is 2.84. The van der Waals surface area contributed by atoms with Gasteiger partial charge in [0.25, 0.3) is 0 Å². The van der Waals surface area contributed by atoms with Gasteiger partial charge >= 0.3 is 0 Å². The lowest BCUT2D eigenvalue weighted by Crippen LogP contribution is -2.26. The topological polar surface area (TPSA) is 45.5 Å². The summed E-state index contributed by atoms with van der Waals surface area (Å²) in [5.74, 6) is 2.11. The first-order valence-corrected chi connectivity index (χ1v) is 7.35. The molecule has 4 heteroatoms. The number of nitrogens with zero attached hydrogens (tertiary/aromatic N) is 1. The number of hydrogen-bond acceptors (Lipinski definition) is 3. The molecule has 22 heavy (non-hydrogen) atoms. The van der Waals surface area contributed by atoms with Crippen LogP contribution in [0.15, 0.2) is 42.5 Å². The van der Waals surface area contributed by atoms with Gasteiger partial charge in [0.1, 0.15) is 5.84 Å². The highest BCUT2D eigenvalue weighted by atomic mass is 16.5. The summed E-state index contributed by atoms with van der Waals surface area (Å²) in [4.78, 5) is 2.11. The van der Waals surface area contributed by atoms with Crippen LogP contribution in [0, 0.1) is 5.41 Å². The Bertz CT molecular complexity index is 697. The number of hydrogen-bond donors (Lipinski definition) is 1. The monoisotopic (exact) mass is 296 g/mol. The summed E-state index contributed by atoms with van der Waals surface area (Å²) in [5.41, 5.74) is 3.47. The number of amidine groups is 1. The zero-order valence-corrected chi connectivity index (χ0v) is 12.9. The summed E-state index contributed by atoms with van der Waals surface area (Å²) in [5, 5.41) is 8.28. The van der Waals surface area contributed by atoms with E-state index in [0.29, 0.717) is 5.84 Å². The van der Waals surface area contributed by atoms with E-state index in [1.165, 1.54) is 11.1 Å². The predicted octanol–water partition coefficient (Wildman–Crippen LogP) is 3.09. The Hall–Kier alpha value is -2.49. The summed E-state index contributed by atoms with van der Waals surface area (Å²) >= 11 is 0. The van der Waals surface area contributed by atoms with Gasteiger partial charge in [0.15, 0.2) is 11.5 Å². The third-order valence-electron chi connectivity index (χ3n) is 4.07. The number of nitrogens with one attached hydrogen (secondary N) is 1. The maximum atomic E-state index is 8.28. The average molecular weight is 296 g/mol. The van der Waals surface area contributed by atoms with Crippen LogP contribution in [0.2, 0.25) is 0 Å². The van der Waals surface area contributed by atoms with Gasteiger partial charge in [0.05, 0.1) is 14.2 Å². The van der Waals surface area contributed by atoms with Gasteiger partial charge in [-0.05, 0) is 29.7 Å². The lowest BCUT2D eigenvalue weighted by atomic mass is 10.1. The molecule has 1 heterocycles. The molecule has 0 aliphatic carbocycles. The van der Waals surface area contributed by atoms with Crippen LogP contribution in [0.5, 0.6) is 11.5 Å². The fourth-order valence-corrected chi connectivity index (χ4v) is 2.84. The lowest BCUT2D eigenvalue weighted by molar-refractivity contribution is 0.354. The molecule has 0 aromatic heterocycles. The smallest absolute Gasteiger partial charge is 0.160 e. The largest absolute Gasteiger partial charge is 0.493 e. The minimum Gasteiger partial charge on any atom is -0.493 e. The number of fused-ring (bicyclic) bond motifs is 1. The standard InChI is InChI=1S/C18H20N2O2/c1-21-16-8-7-13(11-17(16)22-2)9-10-20-12-14-5-3-4-6-15(14)18(20)19/h3-8,11,19H,9-10,12H2,1-2H3. The Balaban J connectivity index is 1.68. The van der Waals surface area contributed by atoms with Crippen LogP contribution in [0.4, 0.5) is 0 Å². The summed E-state index contributed by atoms with van der Waals surface area (Å²) in [6, 6.07) is 14.1. The molecule has 2 aromatic carbocycles. The Morgan fingerprint density at radius 2 is 1.82 bits per heavy atom. The molecule has 0 unspecified atom stereocenters. The quantitative estimate of drug-likeness (QED) is 0.922. The number of benzene rings is 2. The van der Waals surface area contributed by atoms with Gasteiger partial charge < -0.3 is 14.4 Å². The maximum absolute atomic E-state index is 8.28. The van der Waals surface area contributed by atoms with Crippen molar-refractivity contribution in [2.75, 3.05) is 20.8 Å². The lowest BCUT2D eigenvalue weighted by Gasteiger charge is -2.18. The number of ether oxygens (including phenoxy) is 2. The van der Waals surface area contributed by atoms with E-state index in [1.54, 1.807) is 14.2 Å². The molecule has 3 rings (SSSR count). The van der Waals surface area contributed by atoms with Gasteiger partial charge in [-0.15, -0.1) is 0 Å². The molecule has 1 N–H and O–H groups in total. The molecule has 0 amide bonds. The molecule has 2 aromatic rings. The summed E-state index contributed by atoms with van der Waals surface area (Å²) in [6.07, 6.45) is 0.872. The molecule has 114 valence electrons. The highest BCUT2D eigenvalue weighted by molar-refractivity contribution is 6.00. The van der Waals surface area contributed by atoms with Gasteiger partial charge in [-0.25, -0.2) is 0 Å². The Morgan fingerprint density at radius 3 is 2.55 bits per heavy atom. The second-order valence-corrected chi connectivity index (χ2v) is 5.37. The third kappa shape index (κ3) is 2.64. The Labute approximate surface area is 130 Å². The van der Waals surface area contributed by atoms with Crippen LogP contribution < -0.4 is 9.47 Å². The molecule has 0 atom stereocenters. The van der Waals surface area contributed by atoms with Crippen molar-refractivity contribution in [2.45, 2.75) is 13.0 Å². The summed E-state index contributed by atoms with van der Waals surface area (Å²) < 4.78 is 10.6. The molecule has 0 saturated heterocycles. The van der Waals surface area contributed by atoms with E-state index in [4.69, 9.17) is 14.9 Å². The molecule has 0 radical (unpaired) electrons. The minimum absolute atomic E-state index is 0.621. The summed E-state index contributed by atoms with van der Waals surface area (Å²) in [7, 11) is 3.29. The van der Waals surface area contributed by atoms with Gasteiger partial charge in [-0.3, -0.25) is 5.41 Å². The summed E-state index contributed by atoms with van der Waals surface area (Å²) in [6.45, 7) is 1.64. The highest BCUT2D eigenvalue weighted by Crippen LogP contribution is 2.28. The third-order valence-corrected chi connectivity index (χ3v) is 4.07. The first kappa shape index (κ1) is 14.4. The molecule has 0 spiro atoms. The van der Waals surface area contributed by atoms with E-state index in [9.17, 15) is 0 Å². The van der Waals surface area contributed by atoms with Crippen LogP contribution in [0.3, 0.4) is 0 Å². The highest BCUT2D eigenvalue weighted by Gasteiger charge is 2.22. The number of methoxy groups -OCH3 is 2. The molecular weight excluding hydrogens is 276 g/mol. The van der Waals surface area contributed by atoms with E-state index in [2.05, 4.69) is 11.0 Å². The van der Waals surface area contributed by atoms with Crippen LogP contribution in [0.1, 0.15) is 16.7 Å². The van der Waals surface area contributed by atoms with E-state index >= 15 is 0 Å². The van der Waals surface area contributed by atoms with Gasteiger partial charge in [-0.1, -0.05) is 30.3 Å². The van der Waals surface area contributed by atoms with Crippen LogP contribution in [-0.4, -0.2) is 31.5 Å². The van der Waals surface area contributed by atoms with Crippen LogP contribution >= 0.6 is 0 Å². The number of rotatable bonds is 5. The van der Waals surface area contributed by atoms with E-state index in [0.717, 1.165) is 36.6 Å². The normalized spacial score (nSPS) is 13.2. The van der Waals surface area contributed by atoms with Crippen molar-refractivity contribution >= 4 is 5.84 Å². The van der Waals surface area contributed by atoms with Crippen molar-refractivity contribution in [3.63, 3.8) is 0 Å². The van der Waals surface area contributed by atoms with Crippen molar-refractivity contribution < 1.29 is 9.47 Å². The maximum Gasteiger partial charge on any atom is 0.160 e. The van der Waals surface area contributed by atoms with Crippen molar-refractivity contribution in [3.05, 3.63) is 59.2 Å².